The Morgan fingerprint density at radius 1 is 1.22 bits per heavy atom. The molecule has 118 valence electrons. The molecule has 2 heterocycles. The summed E-state index contributed by atoms with van der Waals surface area (Å²) in [6.07, 6.45) is 1.69. The zero-order chi connectivity index (χ0) is 16.1. The number of morpholine rings is 1. The van der Waals surface area contributed by atoms with Crippen LogP contribution in [0.3, 0.4) is 0 Å². The first-order chi connectivity index (χ1) is 11.3. The molecule has 5 nitrogen and oxygen atoms in total. The zero-order valence-electron chi connectivity index (χ0n) is 13.2. The maximum Gasteiger partial charge on any atom is 0.144 e. The van der Waals surface area contributed by atoms with Crippen LogP contribution in [0.5, 0.6) is 0 Å². The SMILES string of the molecule is CC(Nc1ncccc1C#N)c1ccc(N2CCOCC2)cc1. The third-order valence-electron chi connectivity index (χ3n) is 4.05. The van der Waals surface area contributed by atoms with Gasteiger partial charge >= 0.3 is 0 Å². The molecule has 23 heavy (non-hydrogen) atoms. The number of nitriles is 1. The monoisotopic (exact) mass is 308 g/mol. The summed E-state index contributed by atoms with van der Waals surface area (Å²) in [7, 11) is 0. The van der Waals surface area contributed by atoms with Crippen LogP contribution in [0.4, 0.5) is 11.5 Å². The first kappa shape index (κ1) is 15.3. The molecule has 0 saturated carbocycles. The van der Waals surface area contributed by atoms with Crippen LogP contribution >= 0.6 is 0 Å². The molecule has 3 rings (SSSR count). The third kappa shape index (κ3) is 3.61. The molecule has 0 aliphatic carbocycles. The number of aromatic nitrogens is 1. The van der Waals surface area contributed by atoms with E-state index in [1.807, 2.05) is 0 Å². The predicted octanol–water partition coefficient (Wildman–Crippen LogP) is 2.96. The lowest BCUT2D eigenvalue weighted by atomic mass is 10.1. The fourth-order valence-electron chi connectivity index (χ4n) is 2.69. The van der Waals surface area contributed by atoms with Crippen LogP contribution in [0.25, 0.3) is 0 Å². The Balaban J connectivity index is 1.70. The van der Waals surface area contributed by atoms with Gasteiger partial charge < -0.3 is 15.0 Å². The van der Waals surface area contributed by atoms with Crippen molar-refractivity contribution in [1.82, 2.24) is 4.98 Å². The molecular weight excluding hydrogens is 288 g/mol. The molecule has 0 bridgehead atoms. The number of hydrogen-bond donors (Lipinski definition) is 1. The molecule has 1 aliphatic rings. The van der Waals surface area contributed by atoms with Gasteiger partial charge in [0.1, 0.15) is 11.9 Å². The fourth-order valence-corrected chi connectivity index (χ4v) is 2.69. The molecule has 0 radical (unpaired) electrons. The van der Waals surface area contributed by atoms with Crippen molar-refractivity contribution in [3.05, 3.63) is 53.7 Å². The van der Waals surface area contributed by atoms with Crippen LogP contribution in [0.1, 0.15) is 24.1 Å². The van der Waals surface area contributed by atoms with E-state index in [1.54, 1.807) is 18.3 Å². The molecule has 1 aromatic heterocycles. The van der Waals surface area contributed by atoms with Crippen molar-refractivity contribution in [3.63, 3.8) is 0 Å². The van der Waals surface area contributed by atoms with Gasteiger partial charge in [0.15, 0.2) is 0 Å². The number of pyridine rings is 1. The summed E-state index contributed by atoms with van der Waals surface area (Å²) in [6.45, 7) is 5.52. The van der Waals surface area contributed by atoms with Gasteiger partial charge in [0.25, 0.3) is 0 Å². The lowest BCUT2D eigenvalue weighted by molar-refractivity contribution is 0.122. The Morgan fingerprint density at radius 2 is 1.96 bits per heavy atom. The smallest absolute Gasteiger partial charge is 0.144 e. The van der Waals surface area contributed by atoms with E-state index in [4.69, 9.17) is 10.00 Å². The van der Waals surface area contributed by atoms with Crippen molar-refractivity contribution < 1.29 is 4.74 Å². The zero-order valence-corrected chi connectivity index (χ0v) is 13.2. The molecule has 1 aromatic carbocycles. The van der Waals surface area contributed by atoms with Gasteiger partial charge in [0.2, 0.25) is 0 Å². The van der Waals surface area contributed by atoms with E-state index in [1.165, 1.54) is 5.69 Å². The quantitative estimate of drug-likeness (QED) is 0.941. The van der Waals surface area contributed by atoms with E-state index in [9.17, 15) is 0 Å². The number of nitrogens with one attached hydrogen (secondary N) is 1. The summed E-state index contributed by atoms with van der Waals surface area (Å²) in [6, 6.07) is 14.3. The minimum Gasteiger partial charge on any atom is -0.378 e. The summed E-state index contributed by atoms with van der Waals surface area (Å²) in [5.74, 6) is 0.625. The number of rotatable bonds is 4. The summed E-state index contributed by atoms with van der Waals surface area (Å²) < 4.78 is 5.39. The second-order valence-corrected chi connectivity index (χ2v) is 5.57. The lowest BCUT2D eigenvalue weighted by Crippen LogP contribution is -2.36. The van der Waals surface area contributed by atoms with Crippen LogP contribution in [0, 0.1) is 11.3 Å². The minimum atomic E-state index is 0.0794. The molecule has 1 unspecified atom stereocenters. The summed E-state index contributed by atoms with van der Waals surface area (Å²) in [5, 5.41) is 12.4. The van der Waals surface area contributed by atoms with E-state index >= 15 is 0 Å². The normalized spacial score (nSPS) is 15.7. The number of nitrogens with zero attached hydrogens (tertiary/aromatic N) is 3. The van der Waals surface area contributed by atoms with Gasteiger partial charge in [-0.2, -0.15) is 5.26 Å². The average molecular weight is 308 g/mol. The van der Waals surface area contributed by atoms with Crippen molar-refractivity contribution in [2.24, 2.45) is 0 Å². The van der Waals surface area contributed by atoms with Gasteiger partial charge in [0.05, 0.1) is 18.8 Å². The second kappa shape index (κ2) is 7.12. The topological polar surface area (TPSA) is 61.2 Å². The molecule has 1 N–H and O–H groups in total. The number of anilines is 2. The summed E-state index contributed by atoms with van der Waals surface area (Å²) >= 11 is 0. The second-order valence-electron chi connectivity index (χ2n) is 5.57. The largest absolute Gasteiger partial charge is 0.378 e. The molecular formula is C18H20N4O. The van der Waals surface area contributed by atoms with Gasteiger partial charge in [-0.25, -0.2) is 4.98 Å². The highest BCUT2D eigenvalue weighted by Crippen LogP contribution is 2.23. The van der Waals surface area contributed by atoms with Crippen LogP contribution in [-0.4, -0.2) is 31.3 Å². The van der Waals surface area contributed by atoms with E-state index < -0.39 is 0 Å². The highest BCUT2D eigenvalue weighted by atomic mass is 16.5. The Kier molecular flexibility index (Phi) is 4.74. The van der Waals surface area contributed by atoms with E-state index in [0.717, 1.165) is 31.9 Å². The lowest BCUT2D eigenvalue weighted by Gasteiger charge is -2.29. The van der Waals surface area contributed by atoms with Crippen LogP contribution in [-0.2, 0) is 4.74 Å². The molecule has 1 saturated heterocycles. The minimum absolute atomic E-state index is 0.0794. The molecule has 0 amide bonds. The molecule has 1 atom stereocenters. The molecule has 1 fully saturated rings. The van der Waals surface area contributed by atoms with E-state index in [2.05, 4.69) is 52.5 Å². The highest BCUT2D eigenvalue weighted by molar-refractivity contribution is 5.53. The van der Waals surface area contributed by atoms with Gasteiger partial charge in [-0.05, 0) is 36.8 Å². The number of hydrogen-bond acceptors (Lipinski definition) is 5. The van der Waals surface area contributed by atoms with E-state index in [0.29, 0.717) is 11.4 Å². The van der Waals surface area contributed by atoms with Gasteiger partial charge in [0, 0.05) is 31.0 Å². The van der Waals surface area contributed by atoms with Crippen molar-refractivity contribution in [3.8, 4) is 6.07 Å². The van der Waals surface area contributed by atoms with Crippen LogP contribution in [0.15, 0.2) is 42.6 Å². The van der Waals surface area contributed by atoms with Crippen molar-refractivity contribution in [1.29, 1.82) is 5.26 Å². The van der Waals surface area contributed by atoms with Gasteiger partial charge in [-0.15, -0.1) is 0 Å². The van der Waals surface area contributed by atoms with Crippen molar-refractivity contribution in [2.45, 2.75) is 13.0 Å². The maximum atomic E-state index is 9.14. The fraction of sp³-hybridized carbons (Fsp3) is 0.333. The summed E-state index contributed by atoms with van der Waals surface area (Å²) in [5.41, 5.74) is 2.95. The van der Waals surface area contributed by atoms with Crippen molar-refractivity contribution >= 4 is 11.5 Å². The number of benzene rings is 1. The van der Waals surface area contributed by atoms with Gasteiger partial charge in [-0.3, -0.25) is 0 Å². The molecule has 5 heteroatoms. The third-order valence-corrected chi connectivity index (χ3v) is 4.05. The maximum absolute atomic E-state index is 9.14. The molecule has 1 aliphatic heterocycles. The van der Waals surface area contributed by atoms with E-state index in [-0.39, 0.29) is 6.04 Å². The van der Waals surface area contributed by atoms with Crippen LogP contribution < -0.4 is 10.2 Å². The predicted molar refractivity (Wildman–Crippen MR) is 90.5 cm³/mol. The first-order valence-corrected chi connectivity index (χ1v) is 7.82. The van der Waals surface area contributed by atoms with Crippen LogP contribution in [0.2, 0.25) is 0 Å². The first-order valence-electron chi connectivity index (χ1n) is 7.82. The average Bonchev–Trinajstić information content (AvgIpc) is 2.63. The molecule has 0 spiro atoms. The Hall–Kier alpha value is -2.58. The Morgan fingerprint density at radius 3 is 2.65 bits per heavy atom. The van der Waals surface area contributed by atoms with Crippen molar-refractivity contribution in [2.75, 3.05) is 36.5 Å². The Labute approximate surface area is 136 Å². The molecule has 2 aromatic rings. The number of ether oxygens (including phenoxy) is 1. The highest BCUT2D eigenvalue weighted by Gasteiger charge is 2.13. The standard InChI is InChI=1S/C18H20N4O/c1-14(21-18-16(13-19)3-2-8-20-18)15-4-6-17(7-5-15)22-9-11-23-12-10-22/h2-8,14H,9-12H2,1H3,(H,20,21). The van der Waals surface area contributed by atoms with Gasteiger partial charge in [-0.1, -0.05) is 12.1 Å². The Bertz CT molecular complexity index is 687. The summed E-state index contributed by atoms with van der Waals surface area (Å²) in [4.78, 5) is 6.58.